The van der Waals surface area contributed by atoms with Gasteiger partial charge in [0.05, 0.1) is 6.54 Å². The Balaban J connectivity index is 2.15. The first-order chi connectivity index (χ1) is 6.40. The number of anilines is 1. The molecule has 1 heteroatoms. The number of nitrogens with one attached hydrogen (secondary N) is 1. The van der Waals surface area contributed by atoms with Crippen molar-refractivity contribution < 1.29 is 0 Å². The van der Waals surface area contributed by atoms with Crippen molar-refractivity contribution in [1.82, 2.24) is 0 Å². The highest BCUT2D eigenvalue weighted by Gasteiger charge is 2.16. The van der Waals surface area contributed by atoms with Gasteiger partial charge in [-0.25, -0.2) is 0 Å². The van der Waals surface area contributed by atoms with Crippen molar-refractivity contribution in [3.8, 4) is 0 Å². The van der Waals surface area contributed by atoms with Crippen molar-refractivity contribution in [2.45, 2.75) is 12.8 Å². The van der Waals surface area contributed by atoms with Gasteiger partial charge in [0, 0.05) is 5.69 Å². The maximum atomic E-state index is 3.74. The van der Waals surface area contributed by atoms with Crippen LogP contribution in [0.25, 0.3) is 0 Å². The molecular formula is C12H13N. The van der Waals surface area contributed by atoms with Crippen LogP contribution in [0.2, 0.25) is 0 Å². The topological polar surface area (TPSA) is 12.0 Å². The average molecular weight is 171 g/mol. The van der Waals surface area contributed by atoms with Crippen LogP contribution >= 0.6 is 0 Å². The Morgan fingerprint density at radius 3 is 3.23 bits per heavy atom. The van der Waals surface area contributed by atoms with E-state index in [1.54, 1.807) is 0 Å². The Morgan fingerprint density at radius 1 is 1.54 bits per heavy atom. The summed E-state index contributed by atoms with van der Waals surface area (Å²) in [6.45, 7) is 7.00. The summed E-state index contributed by atoms with van der Waals surface area (Å²) in [5.41, 5.74) is 2.58. The molecule has 1 unspecified atom stereocenters. The largest absolute Gasteiger partial charge is 0.374 e. The maximum absolute atomic E-state index is 3.74. The van der Waals surface area contributed by atoms with E-state index in [0.717, 1.165) is 12.8 Å². The quantitative estimate of drug-likeness (QED) is 0.675. The van der Waals surface area contributed by atoms with Crippen LogP contribution in [-0.2, 0) is 6.42 Å². The minimum absolute atomic E-state index is 0.479. The van der Waals surface area contributed by atoms with Gasteiger partial charge in [-0.2, -0.15) is 0 Å². The van der Waals surface area contributed by atoms with Crippen molar-refractivity contribution in [2.75, 3.05) is 5.32 Å². The second kappa shape index (κ2) is 3.65. The summed E-state index contributed by atoms with van der Waals surface area (Å²) in [6, 6.07) is 8.38. The molecule has 1 aromatic carbocycles. The van der Waals surface area contributed by atoms with E-state index in [2.05, 4.69) is 36.6 Å². The number of allylic oxidation sites excluding steroid dienone is 1. The SMILES string of the molecule is C=CCC1[C]Nc2ccccc2C1. The average Bonchev–Trinajstić information content (AvgIpc) is 2.18. The number of para-hydroxylation sites is 1. The number of hydrogen-bond acceptors (Lipinski definition) is 1. The van der Waals surface area contributed by atoms with Gasteiger partial charge in [0.1, 0.15) is 0 Å². The zero-order chi connectivity index (χ0) is 9.10. The normalized spacial score (nSPS) is 20.2. The fraction of sp³-hybridized carbons (Fsp3) is 0.250. The summed E-state index contributed by atoms with van der Waals surface area (Å²) in [7, 11) is 0. The van der Waals surface area contributed by atoms with Crippen LogP contribution in [0.5, 0.6) is 0 Å². The van der Waals surface area contributed by atoms with Gasteiger partial charge < -0.3 is 5.32 Å². The first-order valence-corrected chi connectivity index (χ1v) is 4.60. The second-order valence-corrected chi connectivity index (χ2v) is 3.35. The summed E-state index contributed by atoms with van der Waals surface area (Å²) >= 11 is 0. The van der Waals surface area contributed by atoms with E-state index in [-0.39, 0.29) is 0 Å². The van der Waals surface area contributed by atoms with Crippen LogP contribution < -0.4 is 5.32 Å². The summed E-state index contributed by atoms with van der Waals surface area (Å²) in [4.78, 5) is 0. The van der Waals surface area contributed by atoms with Crippen LogP contribution in [0.1, 0.15) is 12.0 Å². The Hall–Kier alpha value is -1.24. The van der Waals surface area contributed by atoms with Gasteiger partial charge in [-0.3, -0.25) is 0 Å². The fourth-order valence-electron chi connectivity index (χ4n) is 1.66. The van der Waals surface area contributed by atoms with Crippen molar-refractivity contribution in [3.63, 3.8) is 0 Å². The lowest BCUT2D eigenvalue weighted by Gasteiger charge is -2.23. The Morgan fingerprint density at radius 2 is 2.38 bits per heavy atom. The molecule has 0 fully saturated rings. The lowest BCUT2D eigenvalue weighted by Crippen LogP contribution is -2.17. The highest BCUT2D eigenvalue weighted by molar-refractivity contribution is 5.54. The molecule has 1 atom stereocenters. The second-order valence-electron chi connectivity index (χ2n) is 3.35. The maximum Gasteiger partial charge on any atom is 0.0921 e. The molecule has 1 nitrogen and oxygen atoms in total. The van der Waals surface area contributed by atoms with E-state index in [4.69, 9.17) is 0 Å². The van der Waals surface area contributed by atoms with Crippen LogP contribution in [0, 0.1) is 12.5 Å². The van der Waals surface area contributed by atoms with Crippen molar-refractivity contribution >= 4 is 5.69 Å². The minimum Gasteiger partial charge on any atom is -0.374 e. The lowest BCUT2D eigenvalue weighted by molar-refractivity contribution is 0.604. The molecule has 2 radical (unpaired) electrons. The molecule has 2 rings (SSSR count). The lowest BCUT2D eigenvalue weighted by atomic mass is 9.92. The molecule has 0 saturated carbocycles. The smallest absolute Gasteiger partial charge is 0.0921 e. The van der Waals surface area contributed by atoms with Gasteiger partial charge in [0.2, 0.25) is 0 Å². The third-order valence-corrected chi connectivity index (χ3v) is 2.35. The summed E-state index contributed by atoms with van der Waals surface area (Å²) < 4.78 is 0. The summed E-state index contributed by atoms with van der Waals surface area (Å²) in [6.07, 6.45) is 4.03. The first-order valence-electron chi connectivity index (χ1n) is 4.60. The van der Waals surface area contributed by atoms with Gasteiger partial charge in [-0.05, 0) is 30.4 Å². The summed E-state index contributed by atoms with van der Waals surface area (Å²) in [5, 5.41) is 3.20. The molecule has 1 aliphatic rings. The molecule has 1 heterocycles. The predicted molar refractivity (Wildman–Crippen MR) is 55.3 cm³/mol. The molecule has 1 aliphatic heterocycles. The molecular weight excluding hydrogens is 158 g/mol. The van der Waals surface area contributed by atoms with Crippen LogP contribution in [-0.4, -0.2) is 0 Å². The van der Waals surface area contributed by atoms with Gasteiger partial charge in [-0.1, -0.05) is 24.3 Å². The number of rotatable bonds is 2. The van der Waals surface area contributed by atoms with Crippen molar-refractivity contribution in [3.05, 3.63) is 49.0 Å². The standard InChI is InChI=1S/C12H13N/c1-2-5-10-8-11-6-3-4-7-12(11)13-9-10/h2-4,6-7,10,13H,1,5,8H2. The molecule has 0 spiro atoms. The third-order valence-electron chi connectivity index (χ3n) is 2.35. The Kier molecular flexibility index (Phi) is 2.35. The minimum atomic E-state index is 0.479. The predicted octanol–water partition coefficient (Wildman–Crippen LogP) is 2.89. The zero-order valence-corrected chi connectivity index (χ0v) is 7.59. The van der Waals surface area contributed by atoms with Crippen LogP contribution in [0.3, 0.4) is 0 Å². The molecule has 0 saturated heterocycles. The van der Waals surface area contributed by atoms with Gasteiger partial charge in [0.25, 0.3) is 0 Å². The molecule has 1 N–H and O–H groups in total. The highest BCUT2D eigenvalue weighted by Crippen LogP contribution is 2.27. The van der Waals surface area contributed by atoms with E-state index in [0.29, 0.717) is 5.92 Å². The fourth-order valence-corrected chi connectivity index (χ4v) is 1.66. The number of hydrogen-bond donors (Lipinski definition) is 1. The van der Waals surface area contributed by atoms with Crippen molar-refractivity contribution in [1.29, 1.82) is 0 Å². The van der Waals surface area contributed by atoms with Gasteiger partial charge >= 0.3 is 0 Å². The number of fused-ring (bicyclic) bond motifs is 1. The van der Waals surface area contributed by atoms with Crippen LogP contribution in [0.15, 0.2) is 36.9 Å². The molecule has 0 aromatic heterocycles. The molecule has 0 aliphatic carbocycles. The molecule has 0 bridgehead atoms. The van der Waals surface area contributed by atoms with E-state index in [1.807, 2.05) is 12.1 Å². The van der Waals surface area contributed by atoms with E-state index in [9.17, 15) is 0 Å². The van der Waals surface area contributed by atoms with E-state index < -0.39 is 0 Å². The monoisotopic (exact) mass is 171 g/mol. The van der Waals surface area contributed by atoms with Gasteiger partial charge in [-0.15, -0.1) is 6.58 Å². The molecule has 0 amide bonds. The first kappa shape index (κ1) is 8.36. The summed E-state index contributed by atoms with van der Waals surface area (Å²) in [5.74, 6) is 0.479. The van der Waals surface area contributed by atoms with Crippen LogP contribution in [0.4, 0.5) is 5.69 Å². The third kappa shape index (κ3) is 1.74. The van der Waals surface area contributed by atoms with Gasteiger partial charge in [0.15, 0.2) is 0 Å². The molecule has 66 valence electrons. The van der Waals surface area contributed by atoms with E-state index >= 15 is 0 Å². The zero-order valence-electron chi connectivity index (χ0n) is 7.59. The molecule has 1 aromatic rings. The Bertz CT molecular complexity index is 304. The molecule has 13 heavy (non-hydrogen) atoms. The Labute approximate surface area is 79.5 Å². The highest BCUT2D eigenvalue weighted by atomic mass is 14.9. The van der Waals surface area contributed by atoms with Crippen molar-refractivity contribution in [2.24, 2.45) is 5.92 Å². The van der Waals surface area contributed by atoms with E-state index in [1.165, 1.54) is 11.3 Å². The number of benzene rings is 1.